The molecule has 2 rings (SSSR count). The highest BCUT2D eigenvalue weighted by molar-refractivity contribution is 5.22. The van der Waals surface area contributed by atoms with E-state index in [1.165, 1.54) is 12.3 Å². The summed E-state index contributed by atoms with van der Waals surface area (Å²) < 4.78 is 0. The molecule has 40 valence electrons. The summed E-state index contributed by atoms with van der Waals surface area (Å²) in [7, 11) is 0. The van der Waals surface area contributed by atoms with Gasteiger partial charge in [0.15, 0.2) is 0 Å². The van der Waals surface area contributed by atoms with E-state index in [4.69, 9.17) is 0 Å². The minimum Gasteiger partial charge on any atom is -0.0648 e. The second-order valence-corrected chi connectivity index (χ2v) is 3.19. The van der Waals surface area contributed by atoms with Gasteiger partial charge in [-0.05, 0) is 30.1 Å². The molecule has 0 heterocycles. The predicted molar refractivity (Wildman–Crippen MR) is 30.0 cm³/mol. The van der Waals surface area contributed by atoms with Crippen LogP contribution in [0, 0.1) is 17.3 Å². The van der Waals surface area contributed by atoms with Crippen LogP contribution in [0.4, 0.5) is 0 Å². The van der Waals surface area contributed by atoms with Gasteiger partial charge in [0.25, 0.3) is 0 Å². The molecule has 0 saturated heterocycles. The van der Waals surface area contributed by atoms with Crippen molar-refractivity contribution in [2.75, 3.05) is 0 Å². The number of hydrogen-bond donors (Lipinski definition) is 0. The molecule has 0 aromatic rings. The molecule has 0 N–H and O–H groups in total. The van der Waals surface area contributed by atoms with E-state index in [0.29, 0.717) is 0 Å². The summed E-state index contributed by atoms with van der Waals surface area (Å²) in [5.74, 6) is 2.29. The van der Waals surface area contributed by atoms with Crippen molar-refractivity contribution in [3.05, 3.63) is 0 Å². The maximum Gasteiger partial charge on any atom is -0.0237 e. The fourth-order valence-electron chi connectivity index (χ4n) is 2.08. The lowest BCUT2D eigenvalue weighted by molar-refractivity contribution is 0.507. The monoisotopic (exact) mass is 96.1 g/mol. The molecule has 3 unspecified atom stereocenters. The Morgan fingerprint density at radius 2 is 2.29 bits per heavy atom. The largest absolute Gasteiger partial charge is 0.0648 e. The second kappa shape index (κ2) is 0.765. The molecule has 0 radical (unpaired) electrons. The summed E-state index contributed by atoms with van der Waals surface area (Å²) >= 11 is 0. The first kappa shape index (κ1) is 3.94. The van der Waals surface area contributed by atoms with Crippen LogP contribution in [0.1, 0.15) is 26.7 Å². The normalized spacial score (nSPS) is 64.3. The average Bonchev–Trinajstić information content (AvgIpc) is 2.49. The molecule has 7 heavy (non-hydrogen) atoms. The van der Waals surface area contributed by atoms with E-state index in [2.05, 4.69) is 13.8 Å². The Bertz CT molecular complexity index is 101. The highest BCUT2D eigenvalue weighted by Crippen LogP contribution is 2.81. The van der Waals surface area contributed by atoms with Gasteiger partial charge in [0, 0.05) is 0 Å². The fraction of sp³-hybridized carbons (Fsp3) is 1.00. The first-order valence-corrected chi connectivity index (χ1v) is 3.31. The van der Waals surface area contributed by atoms with E-state index < -0.39 is 0 Å². The van der Waals surface area contributed by atoms with Gasteiger partial charge in [-0.2, -0.15) is 0 Å². The van der Waals surface area contributed by atoms with Gasteiger partial charge in [0.05, 0.1) is 0 Å². The zero-order valence-corrected chi connectivity index (χ0v) is 5.07. The molecule has 2 saturated carbocycles. The van der Waals surface area contributed by atoms with Crippen molar-refractivity contribution in [2.24, 2.45) is 17.3 Å². The third kappa shape index (κ3) is 0.240. The van der Waals surface area contributed by atoms with Crippen LogP contribution in [0.3, 0.4) is 0 Å². The molecule has 0 spiro atoms. The minimum atomic E-state index is 0.917. The zero-order chi connectivity index (χ0) is 5.07. The van der Waals surface area contributed by atoms with E-state index in [1.807, 2.05) is 0 Å². The van der Waals surface area contributed by atoms with Gasteiger partial charge in [0.1, 0.15) is 0 Å². The van der Waals surface area contributed by atoms with Crippen molar-refractivity contribution in [2.45, 2.75) is 26.7 Å². The maximum absolute atomic E-state index is 2.39. The van der Waals surface area contributed by atoms with E-state index in [1.54, 1.807) is 6.42 Å². The van der Waals surface area contributed by atoms with Crippen LogP contribution in [0.25, 0.3) is 0 Å². The van der Waals surface area contributed by atoms with Crippen LogP contribution in [0.5, 0.6) is 0 Å². The Hall–Kier alpha value is 0. The molecular weight excluding hydrogens is 84.1 g/mol. The van der Waals surface area contributed by atoms with Gasteiger partial charge in [-0.1, -0.05) is 13.8 Å². The quantitative estimate of drug-likeness (QED) is 0.468. The summed E-state index contributed by atoms with van der Waals surface area (Å²) in [6.07, 6.45) is 3.00. The van der Waals surface area contributed by atoms with Gasteiger partial charge < -0.3 is 0 Å². The van der Waals surface area contributed by atoms with E-state index in [9.17, 15) is 0 Å². The Balaban J connectivity index is 2.08. The lowest BCUT2D eigenvalue weighted by Gasteiger charge is -1.99. The molecular formula is C7H12. The average molecular weight is 96.2 g/mol. The van der Waals surface area contributed by atoms with Crippen molar-refractivity contribution in [1.29, 1.82) is 0 Å². The number of rotatable bonds is 1. The molecule has 0 heteroatoms. The minimum absolute atomic E-state index is 0.917. The summed E-state index contributed by atoms with van der Waals surface area (Å²) in [6.45, 7) is 4.71. The topological polar surface area (TPSA) is 0 Å². The molecule has 0 bridgehead atoms. The van der Waals surface area contributed by atoms with E-state index >= 15 is 0 Å². The number of fused-ring (bicyclic) bond motifs is 1. The molecule has 3 atom stereocenters. The van der Waals surface area contributed by atoms with Crippen molar-refractivity contribution in [3.63, 3.8) is 0 Å². The Kier molecular flexibility index (Phi) is 0.430. The fourth-order valence-corrected chi connectivity index (χ4v) is 2.08. The Labute approximate surface area is 44.9 Å². The zero-order valence-electron chi connectivity index (χ0n) is 5.07. The van der Waals surface area contributed by atoms with Gasteiger partial charge in [-0.25, -0.2) is 0 Å². The lowest BCUT2D eigenvalue weighted by atomic mass is 10.1. The standard InChI is InChI=1S/C7H12/c1-3-7-4-6(7)5(7)2/h5-6H,3-4H2,1-2H3. The third-order valence-corrected chi connectivity index (χ3v) is 3.24. The highest BCUT2D eigenvalue weighted by atomic mass is 14.8. The van der Waals surface area contributed by atoms with Crippen LogP contribution in [-0.4, -0.2) is 0 Å². The van der Waals surface area contributed by atoms with Crippen LogP contribution in [0.15, 0.2) is 0 Å². The van der Waals surface area contributed by atoms with Crippen LogP contribution < -0.4 is 0 Å². The molecule has 0 amide bonds. The van der Waals surface area contributed by atoms with E-state index in [0.717, 1.165) is 11.3 Å². The summed E-state index contributed by atoms with van der Waals surface area (Å²) in [5, 5.41) is 0. The lowest BCUT2D eigenvalue weighted by Crippen LogP contribution is -1.90. The summed E-state index contributed by atoms with van der Waals surface area (Å²) in [5.41, 5.74) is 0.917. The predicted octanol–water partition coefficient (Wildman–Crippen LogP) is 2.05. The van der Waals surface area contributed by atoms with Crippen molar-refractivity contribution in [1.82, 2.24) is 0 Å². The summed E-state index contributed by atoms with van der Waals surface area (Å²) in [4.78, 5) is 0. The third-order valence-electron chi connectivity index (χ3n) is 3.24. The maximum atomic E-state index is 2.39. The van der Waals surface area contributed by atoms with Crippen molar-refractivity contribution in [3.8, 4) is 0 Å². The smallest absolute Gasteiger partial charge is 0.0237 e. The highest BCUT2D eigenvalue weighted by Gasteiger charge is 2.74. The number of hydrogen-bond acceptors (Lipinski definition) is 0. The molecule has 2 fully saturated rings. The van der Waals surface area contributed by atoms with Gasteiger partial charge >= 0.3 is 0 Å². The van der Waals surface area contributed by atoms with Gasteiger partial charge in [-0.3, -0.25) is 0 Å². The van der Waals surface area contributed by atoms with Crippen LogP contribution >= 0.6 is 0 Å². The van der Waals surface area contributed by atoms with Gasteiger partial charge in [0.2, 0.25) is 0 Å². The van der Waals surface area contributed by atoms with E-state index in [-0.39, 0.29) is 0 Å². The van der Waals surface area contributed by atoms with Crippen molar-refractivity contribution >= 4 is 0 Å². The summed E-state index contributed by atoms with van der Waals surface area (Å²) in [6, 6.07) is 0. The van der Waals surface area contributed by atoms with Crippen LogP contribution in [0.2, 0.25) is 0 Å². The van der Waals surface area contributed by atoms with Crippen molar-refractivity contribution < 1.29 is 0 Å². The SMILES string of the molecule is CCC12CC1C2C. The first-order chi connectivity index (χ1) is 3.31. The molecule has 2 aliphatic carbocycles. The second-order valence-electron chi connectivity index (χ2n) is 3.19. The molecule has 0 aromatic heterocycles. The molecule has 0 aromatic carbocycles. The Morgan fingerprint density at radius 1 is 1.71 bits per heavy atom. The van der Waals surface area contributed by atoms with Gasteiger partial charge in [-0.15, -0.1) is 0 Å². The van der Waals surface area contributed by atoms with Crippen LogP contribution in [-0.2, 0) is 0 Å². The molecule has 2 aliphatic rings. The Morgan fingerprint density at radius 3 is 2.29 bits per heavy atom. The molecule has 0 nitrogen and oxygen atoms in total. The first-order valence-electron chi connectivity index (χ1n) is 3.31. The molecule has 0 aliphatic heterocycles.